The van der Waals surface area contributed by atoms with E-state index in [0.717, 1.165) is 28.5 Å². The first-order valence-corrected chi connectivity index (χ1v) is 10.7. The van der Waals surface area contributed by atoms with Crippen molar-refractivity contribution in [3.63, 3.8) is 0 Å². The summed E-state index contributed by atoms with van der Waals surface area (Å²) in [6.07, 6.45) is 0.833. The zero-order valence-electron chi connectivity index (χ0n) is 19.5. The van der Waals surface area contributed by atoms with E-state index in [1.807, 2.05) is 109 Å². The summed E-state index contributed by atoms with van der Waals surface area (Å²) in [5.41, 5.74) is 3.25. The van der Waals surface area contributed by atoms with Crippen LogP contribution in [0.3, 0.4) is 0 Å². The Hall–Kier alpha value is -4.15. The van der Waals surface area contributed by atoms with Crippen molar-refractivity contribution in [2.75, 3.05) is 0 Å². The van der Waals surface area contributed by atoms with Crippen molar-refractivity contribution >= 4 is 17.9 Å². The van der Waals surface area contributed by atoms with E-state index in [2.05, 4.69) is 0 Å². The molecule has 1 N–H and O–H groups in total. The molecule has 0 aliphatic heterocycles. The van der Waals surface area contributed by atoms with Crippen LogP contribution in [0.2, 0.25) is 0 Å². The Balaban J connectivity index is 0.000000227. The van der Waals surface area contributed by atoms with Crippen LogP contribution >= 0.6 is 0 Å². The normalized spacial score (nSPS) is 8.91. The molecule has 174 valence electrons. The van der Waals surface area contributed by atoms with Crippen LogP contribution < -0.4 is 0 Å². The van der Waals surface area contributed by atoms with Gasteiger partial charge in [0.1, 0.15) is 6.29 Å². The van der Waals surface area contributed by atoms with Gasteiger partial charge in [-0.2, -0.15) is 0 Å². The maximum absolute atomic E-state index is 10.6. The first kappa shape index (κ1) is 27.9. The molecule has 4 rings (SSSR count). The minimum Gasteiger partial charge on any atom is -0.392 e. The fourth-order valence-corrected chi connectivity index (χ4v) is 2.46. The van der Waals surface area contributed by atoms with Gasteiger partial charge in [-0.3, -0.25) is 14.4 Å². The van der Waals surface area contributed by atoms with Crippen LogP contribution in [0.5, 0.6) is 0 Å². The minimum atomic E-state index is 0.121. The Morgan fingerprint density at radius 1 is 0.588 bits per heavy atom. The molecular formula is C30H30O4. The smallest absolute Gasteiger partial charge is 0.159 e. The molecule has 0 aromatic heterocycles. The molecule has 0 heterocycles. The van der Waals surface area contributed by atoms with Crippen LogP contribution in [-0.2, 0) is 6.61 Å². The Bertz CT molecular complexity index is 1030. The second kappa shape index (κ2) is 17.4. The summed E-state index contributed by atoms with van der Waals surface area (Å²) in [7, 11) is 0. The molecule has 0 saturated carbocycles. The topological polar surface area (TPSA) is 71.4 Å². The maximum atomic E-state index is 10.6. The average molecular weight is 455 g/mol. The number of carbonyl (C=O) groups is 3. The number of ketones is 2. The summed E-state index contributed by atoms with van der Waals surface area (Å²) in [4.78, 5) is 31.3. The zero-order valence-corrected chi connectivity index (χ0v) is 19.5. The van der Waals surface area contributed by atoms with E-state index in [0.29, 0.717) is 0 Å². The van der Waals surface area contributed by atoms with E-state index in [4.69, 9.17) is 5.11 Å². The molecule has 0 aliphatic carbocycles. The lowest BCUT2D eigenvalue weighted by molar-refractivity contribution is 0.100. The molecule has 34 heavy (non-hydrogen) atoms. The highest BCUT2D eigenvalue weighted by Gasteiger charge is 1.93. The quantitative estimate of drug-likeness (QED) is 0.284. The molecule has 0 unspecified atom stereocenters. The van der Waals surface area contributed by atoms with Crippen molar-refractivity contribution in [2.24, 2.45) is 0 Å². The van der Waals surface area contributed by atoms with E-state index in [1.54, 1.807) is 26.0 Å². The van der Waals surface area contributed by atoms with Gasteiger partial charge in [0.05, 0.1) is 6.61 Å². The van der Waals surface area contributed by atoms with Crippen molar-refractivity contribution in [3.05, 3.63) is 144 Å². The fourth-order valence-electron chi connectivity index (χ4n) is 2.46. The molecule has 0 radical (unpaired) electrons. The van der Waals surface area contributed by atoms with Gasteiger partial charge in [0, 0.05) is 16.7 Å². The number of hydrogen-bond acceptors (Lipinski definition) is 4. The average Bonchev–Trinajstić information content (AvgIpc) is 2.91. The fraction of sp³-hybridized carbons (Fsp3) is 0.100. The first-order valence-electron chi connectivity index (χ1n) is 10.7. The summed E-state index contributed by atoms with van der Waals surface area (Å²) < 4.78 is 0. The summed E-state index contributed by atoms with van der Waals surface area (Å²) >= 11 is 0. The summed E-state index contributed by atoms with van der Waals surface area (Å²) in [5.74, 6) is 0.242. The third kappa shape index (κ3) is 12.6. The van der Waals surface area contributed by atoms with Crippen LogP contribution in [0.25, 0.3) is 0 Å². The Labute approximate surface area is 201 Å². The monoisotopic (exact) mass is 454 g/mol. The number of Topliss-reactive ketones (excluding diaryl/α,β-unsaturated/α-hetero) is 2. The SMILES string of the molecule is CC(=O)c1ccccc1.CC(=O)c1ccccc1.O=Cc1ccccc1.OCc1ccccc1. The molecule has 0 aliphatic rings. The second-order valence-electron chi connectivity index (χ2n) is 7.02. The van der Waals surface area contributed by atoms with Crippen LogP contribution in [-0.4, -0.2) is 23.0 Å². The number of aliphatic hydroxyl groups is 1. The van der Waals surface area contributed by atoms with Crippen molar-refractivity contribution in [1.82, 2.24) is 0 Å². The lowest BCUT2D eigenvalue weighted by Crippen LogP contribution is -1.88. The van der Waals surface area contributed by atoms with Gasteiger partial charge in [0.25, 0.3) is 0 Å². The van der Waals surface area contributed by atoms with Gasteiger partial charge in [-0.05, 0) is 19.4 Å². The first-order chi connectivity index (χ1) is 16.5. The van der Waals surface area contributed by atoms with Crippen molar-refractivity contribution in [3.8, 4) is 0 Å². The van der Waals surface area contributed by atoms with E-state index in [9.17, 15) is 14.4 Å². The van der Waals surface area contributed by atoms with Gasteiger partial charge in [-0.15, -0.1) is 0 Å². The van der Waals surface area contributed by atoms with Crippen LogP contribution in [0.1, 0.15) is 50.5 Å². The van der Waals surface area contributed by atoms with E-state index in [-0.39, 0.29) is 18.2 Å². The zero-order chi connectivity index (χ0) is 25.0. The molecule has 4 aromatic rings. The molecule has 0 bridgehead atoms. The third-order valence-corrected chi connectivity index (χ3v) is 4.32. The lowest BCUT2D eigenvalue weighted by Gasteiger charge is -1.89. The molecule has 4 nitrogen and oxygen atoms in total. The van der Waals surface area contributed by atoms with E-state index >= 15 is 0 Å². The third-order valence-electron chi connectivity index (χ3n) is 4.32. The molecular weight excluding hydrogens is 424 g/mol. The van der Waals surface area contributed by atoms with Gasteiger partial charge in [0.15, 0.2) is 11.6 Å². The van der Waals surface area contributed by atoms with Crippen LogP contribution in [0, 0.1) is 0 Å². The van der Waals surface area contributed by atoms with Gasteiger partial charge >= 0.3 is 0 Å². The molecule has 0 spiro atoms. The molecule has 4 heteroatoms. The van der Waals surface area contributed by atoms with Crippen LogP contribution in [0.15, 0.2) is 121 Å². The Morgan fingerprint density at radius 2 is 0.912 bits per heavy atom. The Morgan fingerprint density at radius 3 is 1.12 bits per heavy atom. The van der Waals surface area contributed by atoms with Gasteiger partial charge in [-0.1, -0.05) is 121 Å². The van der Waals surface area contributed by atoms with Crippen molar-refractivity contribution < 1.29 is 19.5 Å². The molecule has 0 fully saturated rings. The number of benzene rings is 4. The predicted molar refractivity (Wildman–Crippen MR) is 137 cm³/mol. The lowest BCUT2D eigenvalue weighted by atomic mass is 10.2. The largest absolute Gasteiger partial charge is 0.392 e. The second-order valence-corrected chi connectivity index (χ2v) is 7.02. The van der Waals surface area contributed by atoms with Gasteiger partial charge < -0.3 is 5.11 Å². The number of aldehydes is 1. The molecule has 0 atom stereocenters. The summed E-state index contributed by atoms with van der Waals surface area (Å²) in [5, 5.41) is 8.54. The predicted octanol–water partition coefficient (Wildman–Crippen LogP) is 6.46. The van der Waals surface area contributed by atoms with Crippen molar-refractivity contribution in [1.29, 1.82) is 0 Å². The highest BCUT2D eigenvalue weighted by Crippen LogP contribution is 1.98. The molecule has 0 saturated heterocycles. The van der Waals surface area contributed by atoms with E-state index < -0.39 is 0 Å². The highest BCUT2D eigenvalue weighted by atomic mass is 16.3. The highest BCUT2D eigenvalue weighted by molar-refractivity contribution is 5.94. The number of aliphatic hydroxyl groups excluding tert-OH is 1. The standard InChI is InChI=1S/2C8H8O.C7H8O.C7H6O/c2*1-7(9)8-5-3-2-4-6-8;2*8-6-7-4-2-1-3-5-7/h2*2-6H,1H3;1-5,8H,6H2;1-6H. The number of carbonyl (C=O) groups excluding carboxylic acids is 3. The molecule has 4 aromatic carbocycles. The Kier molecular flexibility index (Phi) is 14.3. The molecule has 0 amide bonds. The van der Waals surface area contributed by atoms with E-state index in [1.165, 1.54) is 0 Å². The summed E-state index contributed by atoms with van der Waals surface area (Å²) in [6.45, 7) is 3.27. The number of hydrogen-bond donors (Lipinski definition) is 1. The van der Waals surface area contributed by atoms with Crippen molar-refractivity contribution in [2.45, 2.75) is 20.5 Å². The van der Waals surface area contributed by atoms with Gasteiger partial charge in [-0.25, -0.2) is 0 Å². The van der Waals surface area contributed by atoms with Crippen LogP contribution in [0.4, 0.5) is 0 Å². The summed E-state index contributed by atoms with van der Waals surface area (Å²) in [6, 6.07) is 37.1. The maximum Gasteiger partial charge on any atom is 0.159 e. The van der Waals surface area contributed by atoms with Gasteiger partial charge in [0.2, 0.25) is 0 Å². The minimum absolute atomic E-state index is 0.121. The number of rotatable bonds is 4.